The summed E-state index contributed by atoms with van der Waals surface area (Å²) >= 11 is 6.16. The molecule has 2 rings (SSSR count). The van der Waals surface area contributed by atoms with Gasteiger partial charge in [0.15, 0.2) is 5.82 Å². The van der Waals surface area contributed by atoms with E-state index < -0.39 is 0 Å². The molecule has 1 aromatic carbocycles. The average Bonchev–Trinajstić information content (AvgIpc) is 2.71. The summed E-state index contributed by atoms with van der Waals surface area (Å²) < 4.78 is 7.24. The van der Waals surface area contributed by atoms with Crippen molar-refractivity contribution >= 4 is 11.6 Å². The standard InChI is InChI=1S/C14H18ClN3O2/c1-8(2)10-6-11(15)9(3)5-12(10)20-7-13-16-17-14(19)18(13)4/h5-6,8H,7H2,1-4H3,(H,17,19). The smallest absolute Gasteiger partial charge is 0.343 e. The Hall–Kier alpha value is -1.75. The van der Waals surface area contributed by atoms with Crippen molar-refractivity contribution in [2.24, 2.45) is 7.05 Å². The lowest BCUT2D eigenvalue weighted by Crippen LogP contribution is -2.15. The van der Waals surface area contributed by atoms with Gasteiger partial charge in [0.2, 0.25) is 0 Å². The molecule has 0 unspecified atom stereocenters. The quantitative estimate of drug-likeness (QED) is 0.943. The Balaban J connectivity index is 2.27. The predicted octanol–water partition coefficient (Wildman–Crippen LogP) is 2.77. The van der Waals surface area contributed by atoms with Crippen molar-refractivity contribution in [1.29, 1.82) is 0 Å². The van der Waals surface area contributed by atoms with E-state index in [1.54, 1.807) is 7.05 Å². The zero-order valence-electron chi connectivity index (χ0n) is 12.0. The van der Waals surface area contributed by atoms with Gasteiger partial charge < -0.3 is 4.74 Å². The minimum absolute atomic E-state index is 0.232. The topological polar surface area (TPSA) is 59.9 Å². The van der Waals surface area contributed by atoms with E-state index in [-0.39, 0.29) is 12.3 Å². The summed E-state index contributed by atoms with van der Waals surface area (Å²) in [5, 5.41) is 7.04. The van der Waals surface area contributed by atoms with Crippen LogP contribution in [0.5, 0.6) is 5.75 Å². The van der Waals surface area contributed by atoms with Crippen LogP contribution in [0.2, 0.25) is 5.02 Å². The number of H-pyrrole nitrogens is 1. The van der Waals surface area contributed by atoms with Crippen LogP contribution in [-0.2, 0) is 13.7 Å². The summed E-state index contributed by atoms with van der Waals surface area (Å²) in [6, 6.07) is 3.85. The fourth-order valence-electron chi connectivity index (χ4n) is 1.90. The summed E-state index contributed by atoms with van der Waals surface area (Å²) in [5.41, 5.74) is 1.75. The van der Waals surface area contributed by atoms with Gasteiger partial charge in [0, 0.05) is 12.1 Å². The molecule has 1 aromatic heterocycles. The number of hydrogen-bond acceptors (Lipinski definition) is 3. The van der Waals surface area contributed by atoms with Gasteiger partial charge in [0.1, 0.15) is 12.4 Å². The first-order chi connectivity index (χ1) is 9.40. The first-order valence-electron chi connectivity index (χ1n) is 6.43. The lowest BCUT2D eigenvalue weighted by atomic mass is 10.0. The van der Waals surface area contributed by atoms with E-state index in [2.05, 4.69) is 24.0 Å². The highest BCUT2D eigenvalue weighted by molar-refractivity contribution is 6.31. The van der Waals surface area contributed by atoms with Crippen molar-refractivity contribution in [3.8, 4) is 5.75 Å². The van der Waals surface area contributed by atoms with Gasteiger partial charge in [-0.3, -0.25) is 4.57 Å². The molecular formula is C14H18ClN3O2. The molecule has 0 saturated carbocycles. The summed E-state index contributed by atoms with van der Waals surface area (Å²) in [6.07, 6.45) is 0. The lowest BCUT2D eigenvalue weighted by Gasteiger charge is -2.15. The molecule has 108 valence electrons. The maximum Gasteiger partial charge on any atom is 0.343 e. The SMILES string of the molecule is Cc1cc(OCc2n[nH]c(=O)n2C)c(C(C)C)cc1Cl. The highest BCUT2D eigenvalue weighted by Crippen LogP contribution is 2.32. The second-order valence-corrected chi connectivity index (χ2v) is 5.49. The van der Waals surface area contributed by atoms with Gasteiger partial charge in [-0.1, -0.05) is 25.4 Å². The monoisotopic (exact) mass is 295 g/mol. The maximum absolute atomic E-state index is 11.3. The van der Waals surface area contributed by atoms with Gasteiger partial charge in [-0.2, -0.15) is 5.10 Å². The number of ether oxygens (including phenoxy) is 1. The minimum atomic E-state index is -0.250. The van der Waals surface area contributed by atoms with Crippen molar-refractivity contribution in [1.82, 2.24) is 14.8 Å². The lowest BCUT2D eigenvalue weighted by molar-refractivity contribution is 0.287. The predicted molar refractivity (Wildman–Crippen MR) is 78.4 cm³/mol. The normalized spacial score (nSPS) is 11.1. The first kappa shape index (κ1) is 14.7. The van der Waals surface area contributed by atoms with Crippen molar-refractivity contribution < 1.29 is 4.74 Å². The maximum atomic E-state index is 11.3. The zero-order valence-corrected chi connectivity index (χ0v) is 12.8. The van der Waals surface area contributed by atoms with Crippen LogP contribution in [0.15, 0.2) is 16.9 Å². The van der Waals surface area contributed by atoms with E-state index in [0.717, 1.165) is 21.9 Å². The molecule has 0 amide bonds. The highest BCUT2D eigenvalue weighted by Gasteiger charge is 2.12. The van der Waals surface area contributed by atoms with Crippen molar-refractivity contribution in [2.75, 3.05) is 0 Å². The van der Waals surface area contributed by atoms with E-state index in [9.17, 15) is 4.79 Å². The van der Waals surface area contributed by atoms with Crippen LogP contribution < -0.4 is 10.4 Å². The van der Waals surface area contributed by atoms with Gasteiger partial charge in [0.05, 0.1) is 0 Å². The molecule has 0 fully saturated rings. The number of aromatic nitrogens is 3. The Morgan fingerprint density at radius 3 is 2.70 bits per heavy atom. The number of halogens is 1. The molecule has 0 radical (unpaired) electrons. The van der Waals surface area contributed by atoms with Crippen LogP contribution in [0, 0.1) is 6.92 Å². The molecule has 0 aliphatic rings. The molecule has 0 aliphatic heterocycles. The second kappa shape index (κ2) is 5.71. The molecule has 6 heteroatoms. The molecule has 0 atom stereocenters. The molecule has 5 nitrogen and oxygen atoms in total. The molecule has 0 saturated heterocycles. The zero-order chi connectivity index (χ0) is 14.9. The number of benzene rings is 1. The third kappa shape index (κ3) is 2.88. The number of nitrogens with one attached hydrogen (secondary N) is 1. The Bertz CT molecular complexity index is 674. The van der Waals surface area contributed by atoms with Crippen LogP contribution in [0.3, 0.4) is 0 Å². The molecular weight excluding hydrogens is 278 g/mol. The molecule has 20 heavy (non-hydrogen) atoms. The van der Waals surface area contributed by atoms with E-state index in [1.807, 2.05) is 19.1 Å². The van der Waals surface area contributed by atoms with E-state index in [0.29, 0.717) is 11.7 Å². The average molecular weight is 296 g/mol. The van der Waals surface area contributed by atoms with Gasteiger partial charge in [-0.05, 0) is 36.1 Å². The summed E-state index contributed by atoms with van der Waals surface area (Å²) in [4.78, 5) is 11.3. The Labute approximate surface area is 122 Å². The second-order valence-electron chi connectivity index (χ2n) is 5.09. The molecule has 0 spiro atoms. The molecule has 1 heterocycles. The van der Waals surface area contributed by atoms with Gasteiger partial charge in [0.25, 0.3) is 0 Å². The third-order valence-corrected chi connectivity index (χ3v) is 3.65. The van der Waals surface area contributed by atoms with Crippen molar-refractivity contribution in [2.45, 2.75) is 33.3 Å². The summed E-state index contributed by atoms with van der Waals surface area (Å²) in [5.74, 6) is 1.63. The van der Waals surface area contributed by atoms with Gasteiger partial charge >= 0.3 is 5.69 Å². The number of nitrogens with zero attached hydrogens (tertiary/aromatic N) is 2. The number of rotatable bonds is 4. The molecule has 2 aromatic rings. The van der Waals surface area contributed by atoms with Crippen LogP contribution >= 0.6 is 11.6 Å². The third-order valence-electron chi connectivity index (χ3n) is 3.24. The van der Waals surface area contributed by atoms with Crippen LogP contribution in [0.25, 0.3) is 0 Å². The number of aryl methyl sites for hydroxylation is 1. The van der Waals surface area contributed by atoms with Crippen LogP contribution in [-0.4, -0.2) is 14.8 Å². The van der Waals surface area contributed by atoms with Crippen molar-refractivity contribution in [3.05, 3.63) is 44.6 Å². The molecule has 0 aliphatic carbocycles. The highest BCUT2D eigenvalue weighted by atomic mass is 35.5. The van der Waals surface area contributed by atoms with Crippen molar-refractivity contribution in [3.63, 3.8) is 0 Å². The fraction of sp³-hybridized carbons (Fsp3) is 0.429. The summed E-state index contributed by atoms with van der Waals surface area (Å²) in [6.45, 7) is 6.33. The van der Waals surface area contributed by atoms with E-state index >= 15 is 0 Å². The van der Waals surface area contributed by atoms with Crippen LogP contribution in [0.4, 0.5) is 0 Å². The van der Waals surface area contributed by atoms with Gasteiger partial charge in [-0.15, -0.1) is 0 Å². The Morgan fingerprint density at radius 2 is 2.15 bits per heavy atom. The Morgan fingerprint density at radius 1 is 1.45 bits per heavy atom. The minimum Gasteiger partial charge on any atom is -0.485 e. The number of hydrogen-bond donors (Lipinski definition) is 1. The van der Waals surface area contributed by atoms with E-state index in [4.69, 9.17) is 16.3 Å². The van der Waals surface area contributed by atoms with E-state index in [1.165, 1.54) is 4.57 Å². The number of aromatic amines is 1. The van der Waals surface area contributed by atoms with Gasteiger partial charge in [-0.25, -0.2) is 9.89 Å². The fourth-order valence-corrected chi connectivity index (χ4v) is 2.07. The summed E-state index contributed by atoms with van der Waals surface area (Å²) in [7, 11) is 1.65. The first-order valence-corrected chi connectivity index (χ1v) is 6.81. The van der Waals surface area contributed by atoms with Crippen LogP contribution in [0.1, 0.15) is 36.7 Å². The largest absolute Gasteiger partial charge is 0.485 e. The Kier molecular flexibility index (Phi) is 4.18. The molecule has 1 N–H and O–H groups in total. The molecule has 0 bridgehead atoms.